The van der Waals surface area contributed by atoms with Crippen molar-refractivity contribution >= 4 is 17.4 Å². The van der Waals surface area contributed by atoms with Gasteiger partial charge in [0.2, 0.25) is 0 Å². The first-order valence-corrected chi connectivity index (χ1v) is 8.19. The van der Waals surface area contributed by atoms with Crippen LogP contribution >= 0.6 is 0 Å². The molecule has 2 aromatic carbocycles. The van der Waals surface area contributed by atoms with Crippen molar-refractivity contribution in [1.29, 1.82) is 0 Å². The number of aliphatic hydroxyl groups is 1. The highest BCUT2D eigenvalue weighted by Crippen LogP contribution is 2.29. The summed E-state index contributed by atoms with van der Waals surface area (Å²) in [5, 5.41) is 15.6. The fourth-order valence-electron chi connectivity index (χ4n) is 3.05. The number of ether oxygens (including phenoxy) is 2. The third-order valence-electron chi connectivity index (χ3n) is 4.32. The van der Waals surface area contributed by atoms with E-state index in [-0.39, 0.29) is 12.1 Å². The summed E-state index contributed by atoms with van der Waals surface area (Å²) in [4.78, 5) is 12.4. The molecule has 3 rings (SSSR count). The van der Waals surface area contributed by atoms with Gasteiger partial charge in [-0.1, -0.05) is 12.1 Å². The first-order chi connectivity index (χ1) is 12.1. The van der Waals surface area contributed by atoms with Crippen molar-refractivity contribution in [2.45, 2.75) is 25.4 Å². The first kappa shape index (κ1) is 17.1. The fourth-order valence-corrected chi connectivity index (χ4v) is 3.05. The number of amides is 2. The van der Waals surface area contributed by atoms with Gasteiger partial charge >= 0.3 is 6.03 Å². The van der Waals surface area contributed by atoms with Crippen LogP contribution in [0, 0.1) is 0 Å². The molecule has 0 radical (unpaired) electrons. The number of carbonyl (C=O) groups excluding carboxylic acids is 1. The minimum absolute atomic E-state index is 0.358. The molecule has 0 fully saturated rings. The Morgan fingerprint density at radius 3 is 2.52 bits per heavy atom. The van der Waals surface area contributed by atoms with Gasteiger partial charge in [0.05, 0.1) is 20.3 Å². The highest BCUT2D eigenvalue weighted by Gasteiger charge is 2.20. The molecule has 3 N–H and O–H groups in total. The molecule has 2 aromatic rings. The SMILES string of the molecule is COc1cc(NC(=O)Nc2cccc3c2CC(O)CC3)cc(OC)c1. The van der Waals surface area contributed by atoms with Gasteiger partial charge in [0.1, 0.15) is 11.5 Å². The molecule has 0 aliphatic heterocycles. The number of nitrogens with one attached hydrogen (secondary N) is 2. The molecule has 1 aliphatic rings. The number of urea groups is 1. The number of benzene rings is 2. The lowest BCUT2D eigenvalue weighted by atomic mass is 9.88. The highest BCUT2D eigenvalue weighted by atomic mass is 16.5. The molecule has 0 heterocycles. The maximum Gasteiger partial charge on any atom is 0.323 e. The van der Waals surface area contributed by atoms with Crippen LogP contribution in [-0.4, -0.2) is 31.5 Å². The predicted octanol–water partition coefficient (Wildman–Crippen LogP) is 3.20. The lowest BCUT2D eigenvalue weighted by Gasteiger charge is -2.23. The number of anilines is 2. The zero-order valence-corrected chi connectivity index (χ0v) is 14.3. The Morgan fingerprint density at radius 2 is 1.84 bits per heavy atom. The molecule has 132 valence electrons. The van der Waals surface area contributed by atoms with E-state index in [4.69, 9.17) is 9.47 Å². The van der Waals surface area contributed by atoms with Crippen LogP contribution in [-0.2, 0) is 12.8 Å². The minimum Gasteiger partial charge on any atom is -0.497 e. The van der Waals surface area contributed by atoms with Crippen molar-refractivity contribution in [2.24, 2.45) is 0 Å². The van der Waals surface area contributed by atoms with Crippen molar-refractivity contribution in [3.63, 3.8) is 0 Å². The van der Waals surface area contributed by atoms with E-state index >= 15 is 0 Å². The average molecular weight is 342 g/mol. The zero-order valence-electron chi connectivity index (χ0n) is 14.3. The summed E-state index contributed by atoms with van der Waals surface area (Å²) in [6.45, 7) is 0. The lowest BCUT2D eigenvalue weighted by molar-refractivity contribution is 0.159. The minimum atomic E-state index is -0.360. The number of aryl methyl sites for hydroxylation is 1. The van der Waals surface area contributed by atoms with Crippen LogP contribution in [0.4, 0.5) is 16.2 Å². The zero-order chi connectivity index (χ0) is 17.8. The van der Waals surface area contributed by atoms with Crippen LogP contribution in [0.3, 0.4) is 0 Å². The Balaban J connectivity index is 1.76. The Labute approximate surface area is 146 Å². The van der Waals surface area contributed by atoms with Gasteiger partial charge in [-0.25, -0.2) is 4.79 Å². The van der Waals surface area contributed by atoms with Crippen molar-refractivity contribution in [3.8, 4) is 11.5 Å². The first-order valence-electron chi connectivity index (χ1n) is 8.19. The molecule has 0 saturated carbocycles. The fraction of sp³-hybridized carbons (Fsp3) is 0.316. The maximum absolute atomic E-state index is 12.4. The Kier molecular flexibility index (Phi) is 5.09. The number of carbonyl (C=O) groups is 1. The molecule has 0 spiro atoms. The summed E-state index contributed by atoms with van der Waals surface area (Å²) >= 11 is 0. The second-order valence-electron chi connectivity index (χ2n) is 6.02. The summed E-state index contributed by atoms with van der Waals surface area (Å²) in [6, 6.07) is 10.6. The van der Waals surface area contributed by atoms with Gasteiger partial charge in [0.25, 0.3) is 0 Å². The van der Waals surface area contributed by atoms with Crippen molar-refractivity contribution in [2.75, 3.05) is 24.9 Å². The highest BCUT2D eigenvalue weighted by molar-refractivity contribution is 6.00. The molecule has 6 nitrogen and oxygen atoms in total. The number of hydrogen-bond donors (Lipinski definition) is 3. The van der Waals surface area contributed by atoms with Crippen molar-refractivity contribution in [1.82, 2.24) is 0 Å². The summed E-state index contributed by atoms with van der Waals surface area (Å²) in [5.74, 6) is 1.18. The molecule has 0 aromatic heterocycles. The number of aliphatic hydroxyl groups excluding tert-OH is 1. The van der Waals surface area contributed by atoms with E-state index in [1.54, 1.807) is 32.4 Å². The van der Waals surface area contributed by atoms with E-state index < -0.39 is 0 Å². The Morgan fingerprint density at radius 1 is 1.12 bits per heavy atom. The lowest BCUT2D eigenvalue weighted by Crippen LogP contribution is -2.24. The van der Waals surface area contributed by atoms with E-state index in [2.05, 4.69) is 10.6 Å². The number of hydrogen-bond acceptors (Lipinski definition) is 4. The quantitative estimate of drug-likeness (QED) is 0.797. The van der Waals surface area contributed by atoms with E-state index in [9.17, 15) is 9.90 Å². The molecular weight excluding hydrogens is 320 g/mol. The maximum atomic E-state index is 12.4. The summed E-state index contributed by atoms with van der Waals surface area (Å²) < 4.78 is 10.4. The van der Waals surface area contributed by atoms with Crippen LogP contribution in [0.1, 0.15) is 17.5 Å². The third kappa shape index (κ3) is 4.03. The van der Waals surface area contributed by atoms with Gasteiger partial charge in [-0.3, -0.25) is 0 Å². The Hall–Kier alpha value is -2.73. The largest absolute Gasteiger partial charge is 0.497 e. The third-order valence-corrected chi connectivity index (χ3v) is 4.32. The Bertz CT molecular complexity index is 754. The summed E-state index contributed by atoms with van der Waals surface area (Å²) in [6.07, 6.45) is 1.77. The molecule has 0 bridgehead atoms. The molecule has 0 saturated heterocycles. The standard InChI is InChI=1S/C19H22N2O4/c1-24-15-8-13(9-16(11-15)25-2)20-19(23)21-18-5-3-4-12-6-7-14(22)10-17(12)18/h3-5,8-9,11,14,22H,6-7,10H2,1-2H3,(H2,20,21,23). The molecule has 1 atom stereocenters. The van der Waals surface area contributed by atoms with Gasteiger partial charge in [-0.2, -0.15) is 0 Å². The van der Waals surface area contributed by atoms with Crippen LogP contribution in [0.2, 0.25) is 0 Å². The number of methoxy groups -OCH3 is 2. The monoisotopic (exact) mass is 342 g/mol. The molecule has 25 heavy (non-hydrogen) atoms. The van der Waals surface area contributed by atoms with Gasteiger partial charge in [0.15, 0.2) is 0 Å². The average Bonchev–Trinajstić information content (AvgIpc) is 2.61. The molecule has 6 heteroatoms. The summed E-state index contributed by atoms with van der Waals surface area (Å²) in [5.41, 5.74) is 3.47. The van der Waals surface area contributed by atoms with Gasteiger partial charge in [0, 0.05) is 36.0 Å². The van der Waals surface area contributed by atoms with Crippen LogP contribution < -0.4 is 20.1 Å². The normalized spacial score (nSPS) is 15.9. The molecule has 2 amide bonds. The smallest absolute Gasteiger partial charge is 0.323 e. The second kappa shape index (κ2) is 7.44. The van der Waals surface area contributed by atoms with Crippen LogP contribution in [0.5, 0.6) is 11.5 Å². The van der Waals surface area contributed by atoms with Crippen LogP contribution in [0.15, 0.2) is 36.4 Å². The molecule has 1 aliphatic carbocycles. The van der Waals surface area contributed by atoms with E-state index in [1.807, 2.05) is 18.2 Å². The van der Waals surface area contributed by atoms with Crippen LogP contribution in [0.25, 0.3) is 0 Å². The van der Waals surface area contributed by atoms with E-state index in [0.29, 0.717) is 23.6 Å². The van der Waals surface area contributed by atoms with Gasteiger partial charge in [-0.05, 0) is 30.0 Å². The van der Waals surface area contributed by atoms with Crippen molar-refractivity contribution < 1.29 is 19.4 Å². The van der Waals surface area contributed by atoms with E-state index in [0.717, 1.165) is 24.1 Å². The molecule has 1 unspecified atom stereocenters. The summed E-state index contributed by atoms with van der Waals surface area (Å²) in [7, 11) is 3.11. The second-order valence-corrected chi connectivity index (χ2v) is 6.02. The predicted molar refractivity (Wildman–Crippen MR) is 96.7 cm³/mol. The van der Waals surface area contributed by atoms with E-state index in [1.165, 1.54) is 5.56 Å². The van der Waals surface area contributed by atoms with Gasteiger partial charge in [-0.15, -0.1) is 0 Å². The number of fused-ring (bicyclic) bond motifs is 1. The number of rotatable bonds is 4. The van der Waals surface area contributed by atoms with Crippen molar-refractivity contribution in [3.05, 3.63) is 47.5 Å². The molecular formula is C19H22N2O4. The van der Waals surface area contributed by atoms with Gasteiger partial charge < -0.3 is 25.2 Å². The topological polar surface area (TPSA) is 79.8 Å².